The molecule has 0 atom stereocenters. The molecule has 0 spiro atoms. The van der Waals surface area contributed by atoms with Gasteiger partial charge in [0.15, 0.2) is 11.3 Å². The van der Waals surface area contributed by atoms with Gasteiger partial charge in [0, 0.05) is 0 Å². The fraction of sp³-hybridized carbons (Fsp3) is 0.200. The molecule has 0 fully saturated rings. The van der Waals surface area contributed by atoms with Gasteiger partial charge in [-0.3, -0.25) is 4.99 Å². The zero-order valence-electron chi connectivity index (χ0n) is 5.45. The normalized spacial score (nSPS) is 12.4. The van der Waals surface area contributed by atoms with E-state index in [4.69, 9.17) is 17.3 Å². The van der Waals surface area contributed by atoms with Crippen LogP contribution in [0.3, 0.4) is 0 Å². The average Bonchev–Trinajstić information content (AvgIpc) is 2.34. The third kappa shape index (κ3) is 1.83. The van der Waals surface area contributed by atoms with E-state index in [0.29, 0.717) is 23.3 Å². The van der Waals surface area contributed by atoms with Crippen LogP contribution in [0, 0.1) is 0 Å². The fourth-order valence-electron chi connectivity index (χ4n) is 0.867. The van der Waals surface area contributed by atoms with Gasteiger partial charge in [-0.2, -0.15) is 9.97 Å². The summed E-state index contributed by atoms with van der Waals surface area (Å²) in [5, 5.41) is 0.663. The van der Waals surface area contributed by atoms with Gasteiger partial charge in [0.25, 0.3) is 0 Å². The summed E-state index contributed by atoms with van der Waals surface area (Å²) in [6.45, 7) is 0.370. The standard InChI is InChI=1S/C5H4ClN5.K.H/c6-5-10-3(7)2-4(11-5)9-1-8-2;;/h1H2,(H2,7,9,10,11);;. The minimum absolute atomic E-state index is 0. The van der Waals surface area contributed by atoms with Gasteiger partial charge in [0.2, 0.25) is 5.28 Å². The van der Waals surface area contributed by atoms with Crippen molar-refractivity contribution in [1.29, 1.82) is 0 Å². The molecule has 7 heteroatoms. The zero-order valence-corrected chi connectivity index (χ0v) is 6.21. The molecule has 5 nitrogen and oxygen atoms in total. The van der Waals surface area contributed by atoms with E-state index < -0.39 is 0 Å². The molecule has 2 heterocycles. The summed E-state index contributed by atoms with van der Waals surface area (Å²) < 4.78 is 0. The van der Waals surface area contributed by atoms with Crippen LogP contribution in [0.4, 0.5) is 5.82 Å². The van der Waals surface area contributed by atoms with Crippen LogP contribution < -0.4 is 16.6 Å². The number of nitrogens with two attached hydrogens (primary N) is 1. The van der Waals surface area contributed by atoms with Gasteiger partial charge in [-0.25, -0.2) is 4.99 Å². The molecule has 0 unspecified atom stereocenters. The number of hydrogen-bond donors (Lipinski definition) is 1. The number of halogens is 1. The monoisotopic (exact) mass is 209 g/mol. The Kier molecular flexibility index (Phi) is 3.56. The molecule has 1 aromatic heterocycles. The van der Waals surface area contributed by atoms with Crippen molar-refractivity contribution < 1.29 is 0 Å². The molecule has 0 amide bonds. The van der Waals surface area contributed by atoms with E-state index in [0.717, 1.165) is 0 Å². The molecule has 0 aromatic carbocycles. The van der Waals surface area contributed by atoms with Crippen molar-refractivity contribution in [2.75, 3.05) is 12.4 Å². The van der Waals surface area contributed by atoms with Crippen molar-refractivity contribution in [3.05, 3.63) is 16.1 Å². The first-order valence-corrected chi connectivity index (χ1v) is 3.33. The summed E-state index contributed by atoms with van der Waals surface area (Å²) in [7, 11) is 0. The Morgan fingerprint density at radius 3 is 2.75 bits per heavy atom. The molecule has 0 radical (unpaired) electrons. The molecule has 0 aliphatic carbocycles. The Morgan fingerprint density at radius 1 is 1.25 bits per heavy atom. The van der Waals surface area contributed by atoms with Crippen molar-refractivity contribution in [2.24, 2.45) is 9.98 Å². The minimum atomic E-state index is 0. The van der Waals surface area contributed by atoms with Crippen LogP contribution in [0.2, 0.25) is 5.28 Å². The van der Waals surface area contributed by atoms with E-state index in [1.165, 1.54) is 0 Å². The molecule has 1 aliphatic heterocycles. The summed E-state index contributed by atoms with van der Waals surface area (Å²) in [6, 6.07) is 0. The van der Waals surface area contributed by atoms with Crippen LogP contribution in [-0.2, 0) is 0 Å². The molecular formula is C5H5ClKN5. The quantitative estimate of drug-likeness (QED) is 0.408. The van der Waals surface area contributed by atoms with Crippen LogP contribution in [0.5, 0.6) is 0 Å². The summed E-state index contributed by atoms with van der Waals surface area (Å²) in [4.78, 5) is 15.5. The second kappa shape index (κ2) is 4.08. The predicted octanol–water partition coefficient (Wildman–Crippen LogP) is -1.73. The topological polar surface area (TPSA) is 76.5 Å². The Labute approximate surface area is 116 Å². The SMILES string of the molecule is Nc1nc(Cl)nc2c1=NCN=2.[KH]. The van der Waals surface area contributed by atoms with Crippen molar-refractivity contribution >= 4 is 68.8 Å². The van der Waals surface area contributed by atoms with Gasteiger partial charge >= 0.3 is 51.4 Å². The van der Waals surface area contributed by atoms with Crippen LogP contribution in [0.15, 0.2) is 9.98 Å². The Morgan fingerprint density at radius 2 is 2.00 bits per heavy atom. The molecule has 2 rings (SSSR count). The molecule has 0 saturated heterocycles. The number of nitrogen functional groups attached to an aromatic ring is 1. The van der Waals surface area contributed by atoms with Gasteiger partial charge in [0.1, 0.15) is 12.0 Å². The molecular weight excluding hydrogens is 205 g/mol. The van der Waals surface area contributed by atoms with Gasteiger partial charge in [-0.1, -0.05) is 0 Å². The summed E-state index contributed by atoms with van der Waals surface area (Å²) in [6.07, 6.45) is 0. The number of fused-ring (bicyclic) bond motifs is 1. The molecule has 0 saturated carbocycles. The van der Waals surface area contributed by atoms with Crippen molar-refractivity contribution in [1.82, 2.24) is 9.97 Å². The molecule has 1 aliphatic rings. The van der Waals surface area contributed by atoms with E-state index in [2.05, 4.69) is 20.0 Å². The average molecular weight is 210 g/mol. The number of anilines is 1. The van der Waals surface area contributed by atoms with Crippen LogP contribution in [0.1, 0.15) is 0 Å². The number of hydrogen-bond acceptors (Lipinski definition) is 5. The van der Waals surface area contributed by atoms with Crippen LogP contribution in [-0.4, -0.2) is 68.0 Å². The first-order chi connectivity index (χ1) is 5.27. The molecule has 0 bridgehead atoms. The fourth-order valence-corrected chi connectivity index (χ4v) is 1.04. The van der Waals surface area contributed by atoms with Crippen molar-refractivity contribution in [3.8, 4) is 0 Å². The maximum atomic E-state index is 5.52. The first kappa shape index (κ1) is 10.5. The van der Waals surface area contributed by atoms with E-state index in [-0.39, 0.29) is 56.7 Å². The van der Waals surface area contributed by atoms with E-state index in [9.17, 15) is 0 Å². The summed E-state index contributed by atoms with van der Waals surface area (Å²) in [5.41, 5.74) is 5.97. The zero-order chi connectivity index (χ0) is 7.84. The molecule has 1 aromatic rings. The van der Waals surface area contributed by atoms with Gasteiger partial charge in [-0.15, -0.1) is 0 Å². The first-order valence-electron chi connectivity index (χ1n) is 2.95. The van der Waals surface area contributed by atoms with Crippen LogP contribution in [0.25, 0.3) is 0 Å². The van der Waals surface area contributed by atoms with Crippen molar-refractivity contribution in [2.45, 2.75) is 0 Å². The second-order valence-electron chi connectivity index (χ2n) is 2.01. The Bertz CT molecular complexity index is 417. The number of nitrogens with zero attached hydrogens (tertiary/aromatic N) is 4. The maximum absolute atomic E-state index is 5.52. The number of aromatic nitrogens is 2. The third-order valence-corrected chi connectivity index (χ3v) is 1.48. The Hall–Kier alpha value is 0.406. The second-order valence-corrected chi connectivity index (χ2v) is 2.35. The van der Waals surface area contributed by atoms with Gasteiger partial charge in [0.05, 0.1) is 0 Å². The van der Waals surface area contributed by atoms with Gasteiger partial charge in [-0.05, 0) is 11.6 Å². The van der Waals surface area contributed by atoms with Gasteiger partial charge < -0.3 is 5.73 Å². The molecule has 58 valence electrons. The summed E-state index contributed by atoms with van der Waals surface area (Å²) in [5.74, 6) is 0.293. The molecule has 2 N–H and O–H groups in total. The Balaban J connectivity index is 0.000000720. The number of rotatable bonds is 0. The molecule has 12 heavy (non-hydrogen) atoms. The van der Waals surface area contributed by atoms with E-state index in [1.54, 1.807) is 0 Å². The van der Waals surface area contributed by atoms with Crippen molar-refractivity contribution in [3.63, 3.8) is 0 Å². The summed E-state index contributed by atoms with van der Waals surface area (Å²) >= 11 is 5.52. The predicted molar refractivity (Wildman–Crippen MR) is 45.8 cm³/mol. The van der Waals surface area contributed by atoms with E-state index in [1.807, 2.05) is 0 Å². The third-order valence-electron chi connectivity index (χ3n) is 1.31. The van der Waals surface area contributed by atoms with E-state index >= 15 is 0 Å². The van der Waals surface area contributed by atoms with Crippen LogP contribution >= 0.6 is 11.6 Å².